The van der Waals surface area contributed by atoms with Crippen LogP contribution in [0.25, 0.3) is 11.0 Å². The van der Waals surface area contributed by atoms with Crippen molar-refractivity contribution in [1.82, 2.24) is 10.3 Å². The molecule has 24 heavy (non-hydrogen) atoms. The van der Waals surface area contributed by atoms with Crippen molar-refractivity contribution in [2.24, 2.45) is 0 Å². The second-order valence-corrected chi connectivity index (χ2v) is 5.88. The number of hydrogen-bond acceptors (Lipinski definition) is 5. The quantitative estimate of drug-likeness (QED) is 0.592. The van der Waals surface area contributed by atoms with Crippen molar-refractivity contribution in [3.63, 3.8) is 0 Å². The van der Waals surface area contributed by atoms with Crippen LogP contribution < -0.4 is 5.32 Å². The molecule has 3 rings (SSSR count). The number of para-hydroxylation sites is 1. The number of nitrogens with one attached hydrogen (secondary N) is 1. The van der Waals surface area contributed by atoms with E-state index in [9.17, 15) is 10.2 Å². The number of benzene rings is 1. The first-order valence-corrected chi connectivity index (χ1v) is 8.16. The lowest BCUT2D eigenvalue weighted by atomic mass is 10.1. The van der Waals surface area contributed by atoms with Gasteiger partial charge in [-0.2, -0.15) is 0 Å². The van der Waals surface area contributed by atoms with Crippen LogP contribution in [0.15, 0.2) is 59.3 Å². The van der Waals surface area contributed by atoms with Crippen LogP contribution in [0.2, 0.25) is 0 Å². The molecule has 0 saturated heterocycles. The number of aliphatic hydroxyl groups is 2. The Labute approximate surface area is 141 Å². The normalized spacial score (nSPS) is 13.9. The van der Waals surface area contributed by atoms with E-state index in [-0.39, 0.29) is 12.6 Å². The summed E-state index contributed by atoms with van der Waals surface area (Å²) >= 11 is 0. The fourth-order valence-electron chi connectivity index (χ4n) is 2.69. The summed E-state index contributed by atoms with van der Waals surface area (Å²) in [5.74, 6) is 0.537. The van der Waals surface area contributed by atoms with Gasteiger partial charge in [-0.1, -0.05) is 18.2 Å². The van der Waals surface area contributed by atoms with Crippen LogP contribution in [0.1, 0.15) is 23.8 Å². The zero-order valence-corrected chi connectivity index (χ0v) is 13.4. The average Bonchev–Trinajstić information content (AvgIpc) is 3.07. The average molecular weight is 326 g/mol. The molecule has 2 heterocycles. The molecule has 3 N–H and O–H groups in total. The minimum absolute atomic E-state index is 0.0257. The Bertz CT molecular complexity index is 724. The number of aliphatic hydroxyl groups excluding tert-OH is 2. The summed E-state index contributed by atoms with van der Waals surface area (Å²) in [6.07, 6.45) is 4.42. The predicted molar refractivity (Wildman–Crippen MR) is 92.6 cm³/mol. The molecule has 1 aromatic carbocycles. The molecule has 3 aromatic rings. The third-order valence-corrected chi connectivity index (χ3v) is 4.12. The van der Waals surface area contributed by atoms with E-state index >= 15 is 0 Å². The van der Waals surface area contributed by atoms with Gasteiger partial charge in [-0.15, -0.1) is 0 Å². The standard InChI is InChI=1S/C19H22N2O3/c22-13-16(6-5-14-7-9-20-10-8-14)21-12-17(23)19-11-15-3-1-2-4-18(15)24-19/h1-4,7-11,16-17,21-23H,5-6,12-13H2. The van der Waals surface area contributed by atoms with Gasteiger partial charge in [0.05, 0.1) is 6.61 Å². The molecule has 0 fully saturated rings. The summed E-state index contributed by atoms with van der Waals surface area (Å²) in [4.78, 5) is 4.00. The van der Waals surface area contributed by atoms with Gasteiger partial charge in [0.2, 0.25) is 0 Å². The molecule has 0 aliphatic carbocycles. The number of aryl methyl sites for hydroxylation is 1. The van der Waals surface area contributed by atoms with Gasteiger partial charge in [0.1, 0.15) is 17.4 Å². The Kier molecular flexibility index (Phi) is 5.59. The fourth-order valence-corrected chi connectivity index (χ4v) is 2.69. The van der Waals surface area contributed by atoms with Crippen molar-refractivity contribution >= 4 is 11.0 Å². The van der Waals surface area contributed by atoms with Gasteiger partial charge in [0, 0.05) is 30.4 Å². The molecule has 0 bridgehead atoms. The first-order valence-electron chi connectivity index (χ1n) is 8.16. The Morgan fingerprint density at radius 2 is 1.92 bits per heavy atom. The number of pyridine rings is 1. The van der Waals surface area contributed by atoms with Gasteiger partial charge in [-0.3, -0.25) is 4.98 Å². The highest BCUT2D eigenvalue weighted by atomic mass is 16.4. The van der Waals surface area contributed by atoms with Crippen LogP contribution in [-0.2, 0) is 6.42 Å². The van der Waals surface area contributed by atoms with E-state index in [0.717, 1.165) is 23.8 Å². The lowest BCUT2D eigenvalue weighted by Crippen LogP contribution is -2.35. The van der Waals surface area contributed by atoms with E-state index in [1.54, 1.807) is 12.4 Å². The van der Waals surface area contributed by atoms with Crippen molar-refractivity contribution in [1.29, 1.82) is 0 Å². The number of aromatic nitrogens is 1. The van der Waals surface area contributed by atoms with Crippen LogP contribution in [0.4, 0.5) is 0 Å². The topological polar surface area (TPSA) is 78.5 Å². The summed E-state index contributed by atoms with van der Waals surface area (Å²) in [6.45, 7) is 0.360. The van der Waals surface area contributed by atoms with Crippen LogP contribution in [0.3, 0.4) is 0 Å². The predicted octanol–water partition coefficient (Wildman–Crippen LogP) is 2.44. The van der Waals surface area contributed by atoms with Crippen molar-refractivity contribution in [2.75, 3.05) is 13.2 Å². The maximum Gasteiger partial charge on any atom is 0.135 e. The maximum atomic E-state index is 10.3. The number of rotatable bonds is 8. The van der Waals surface area contributed by atoms with Gasteiger partial charge in [0.25, 0.3) is 0 Å². The van der Waals surface area contributed by atoms with E-state index in [1.165, 1.54) is 5.56 Å². The maximum absolute atomic E-state index is 10.3. The van der Waals surface area contributed by atoms with E-state index < -0.39 is 6.10 Å². The second kappa shape index (κ2) is 8.06. The molecule has 0 amide bonds. The van der Waals surface area contributed by atoms with Crippen molar-refractivity contribution in [2.45, 2.75) is 25.0 Å². The molecule has 2 atom stereocenters. The highest BCUT2D eigenvalue weighted by Gasteiger charge is 2.15. The molecule has 0 spiro atoms. The molecule has 2 aromatic heterocycles. The summed E-state index contributed by atoms with van der Waals surface area (Å²) < 4.78 is 5.67. The van der Waals surface area contributed by atoms with Crippen molar-refractivity contribution in [3.05, 3.63) is 66.2 Å². The third kappa shape index (κ3) is 4.20. The van der Waals surface area contributed by atoms with Crippen molar-refractivity contribution < 1.29 is 14.6 Å². The minimum atomic E-state index is -0.743. The summed E-state index contributed by atoms with van der Waals surface area (Å²) in [5.41, 5.74) is 1.95. The van der Waals surface area contributed by atoms with Crippen LogP contribution in [0, 0.1) is 0 Å². The SMILES string of the molecule is OCC(CCc1ccncc1)NCC(O)c1cc2ccccc2o1. The van der Waals surface area contributed by atoms with Gasteiger partial charge in [-0.05, 0) is 42.7 Å². The Morgan fingerprint density at radius 1 is 1.12 bits per heavy atom. The largest absolute Gasteiger partial charge is 0.458 e. The Morgan fingerprint density at radius 3 is 2.67 bits per heavy atom. The lowest BCUT2D eigenvalue weighted by Gasteiger charge is -2.18. The Balaban J connectivity index is 1.52. The summed E-state index contributed by atoms with van der Waals surface area (Å²) in [7, 11) is 0. The number of furan rings is 1. The smallest absolute Gasteiger partial charge is 0.135 e. The number of fused-ring (bicyclic) bond motifs is 1. The monoisotopic (exact) mass is 326 g/mol. The van der Waals surface area contributed by atoms with E-state index in [2.05, 4.69) is 10.3 Å². The Hall–Kier alpha value is -2.21. The van der Waals surface area contributed by atoms with Crippen LogP contribution in [0.5, 0.6) is 0 Å². The number of hydrogen-bond donors (Lipinski definition) is 3. The first-order chi connectivity index (χ1) is 11.8. The molecule has 126 valence electrons. The molecular weight excluding hydrogens is 304 g/mol. The highest BCUT2D eigenvalue weighted by Crippen LogP contribution is 2.23. The van der Waals surface area contributed by atoms with E-state index in [4.69, 9.17) is 4.42 Å². The molecule has 0 aliphatic rings. The molecule has 5 nitrogen and oxygen atoms in total. The molecule has 5 heteroatoms. The minimum Gasteiger partial charge on any atom is -0.458 e. The van der Waals surface area contributed by atoms with E-state index in [1.807, 2.05) is 42.5 Å². The van der Waals surface area contributed by atoms with Gasteiger partial charge < -0.3 is 19.9 Å². The third-order valence-electron chi connectivity index (χ3n) is 4.12. The van der Waals surface area contributed by atoms with E-state index in [0.29, 0.717) is 12.3 Å². The zero-order valence-electron chi connectivity index (χ0n) is 13.4. The van der Waals surface area contributed by atoms with Gasteiger partial charge >= 0.3 is 0 Å². The van der Waals surface area contributed by atoms with Crippen molar-refractivity contribution in [3.8, 4) is 0 Å². The van der Waals surface area contributed by atoms with Crippen LogP contribution in [-0.4, -0.2) is 34.4 Å². The first kappa shape index (κ1) is 16.6. The molecule has 0 saturated carbocycles. The summed E-state index contributed by atoms with van der Waals surface area (Å²) in [5, 5.41) is 24.0. The van der Waals surface area contributed by atoms with Crippen LogP contribution >= 0.6 is 0 Å². The zero-order chi connectivity index (χ0) is 16.8. The summed E-state index contributed by atoms with van der Waals surface area (Å²) in [6, 6.07) is 13.4. The molecule has 0 aliphatic heterocycles. The number of nitrogens with zero attached hydrogens (tertiary/aromatic N) is 1. The fraction of sp³-hybridized carbons (Fsp3) is 0.316. The second-order valence-electron chi connectivity index (χ2n) is 5.88. The van der Waals surface area contributed by atoms with Gasteiger partial charge in [-0.25, -0.2) is 0 Å². The van der Waals surface area contributed by atoms with Gasteiger partial charge in [0.15, 0.2) is 0 Å². The molecular formula is C19H22N2O3. The highest BCUT2D eigenvalue weighted by molar-refractivity contribution is 5.77. The lowest BCUT2D eigenvalue weighted by molar-refractivity contribution is 0.136. The molecule has 0 radical (unpaired) electrons. The molecule has 2 unspecified atom stereocenters.